The van der Waals surface area contributed by atoms with Crippen molar-refractivity contribution in [1.29, 1.82) is 0 Å². The molecule has 1 atom stereocenters. The van der Waals surface area contributed by atoms with E-state index in [9.17, 15) is 0 Å². The molecule has 18 heavy (non-hydrogen) atoms. The summed E-state index contributed by atoms with van der Waals surface area (Å²) in [6.45, 7) is 0. The van der Waals surface area contributed by atoms with Crippen LogP contribution in [0, 0.1) is 10.7 Å². The number of nitrogens with two attached hydrogens (primary N) is 1. The summed E-state index contributed by atoms with van der Waals surface area (Å²) in [5.41, 5.74) is 2.40. The number of aliphatic imine (C=N–C) groups is 1. The molecule has 2 heterocycles. The van der Waals surface area contributed by atoms with Crippen molar-refractivity contribution in [1.82, 2.24) is 14.9 Å². The molecule has 0 saturated carbocycles. The number of allylic oxidation sites excluding steroid dienone is 5. The van der Waals surface area contributed by atoms with Crippen LogP contribution < -0.4 is 5.84 Å². The summed E-state index contributed by atoms with van der Waals surface area (Å²) in [5, 5.41) is 6.82. The topological polar surface area (TPSA) is 72.0 Å². The number of aromatic nitrogens is 3. The molecule has 1 aliphatic carbocycles. The Bertz CT molecular complexity index is 644. The van der Waals surface area contributed by atoms with Gasteiger partial charge in [0.2, 0.25) is 4.77 Å². The molecule has 0 radical (unpaired) electrons. The van der Waals surface area contributed by atoms with Gasteiger partial charge in [-0.05, 0) is 30.8 Å². The summed E-state index contributed by atoms with van der Waals surface area (Å²) in [6, 6.07) is 0. The van der Waals surface area contributed by atoms with Crippen molar-refractivity contribution < 1.29 is 0 Å². The molecule has 1 aromatic heterocycles. The first-order valence-electron chi connectivity index (χ1n) is 5.76. The monoisotopic (exact) mass is 259 g/mol. The van der Waals surface area contributed by atoms with Crippen molar-refractivity contribution in [2.45, 2.75) is 12.8 Å². The van der Waals surface area contributed by atoms with Crippen molar-refractivity contribution in [3.05, 3.63) is 46.2 Å². The van der Waals surface area contributed by atoms with Crippen LogP contribution in [-0.4, -0.2) is 21.1 Å². The summed E-state index contributed by atoms with van der Waals surface area (Å²) in [4.78, 5) is 4.35. The highest BCUT2D eigenvalue weighted by molar-refractivity contribution is 7.71. The number of rotatable bonds is 2. The molecular formula is C12H13N5S. The van der Waals surface area contributed by atoms with Crippen LogP contribution in [0.4, 0.5) is 0 Å². The van der Waals surface area contributed by atoms with Crippen LogP contribution in [0.2, 0.25) is 0 Å². The third kappa shape index (κ3) is 1.95. The van der Waals surface area contributed by atoms with Crippen molar-refractivity contribution in [3.8, 4) is 0 Å². The first-order chi connectivity index (χ1) is 8.74. The lowest BCUT2D eigenvalue weighted by molar-refractivity contribution is 0.693. The van der Waals surface area contributed by atoms with Gasteiger partial charge >= 0.3 is 0 Å². The molecule has 1 unspecified atom stereocenters. The van der Waals surface area contributed by atoms with E-state index in [0.29, 0.717) is 17.1 Å². The van der Waals surface area contributed by atoms with E-state index in [1.54, 1.807) is 0 Å². The largest absolute Gasteiger partial charge is 0.335 e. The van der Waals surface area contributed by atoms with E-state index < -0.39 is 0 Å². The number of nitrogens with zero attached hydrogens (tertiary/aromatic N) is 3. The van der Waals surface area contributed by atoms with E-state index >= 15 is 0 Å². The lowest BCUT2D eigenvalue weighted by Crippen LogP contribution is -2.15. The second-order valence-corrected chi connectivity index (χ2v) is 4.77. The number of fused-ring (bicyclic) bond motifs is 1. The maximum Gasteiger partial charge on any atom is 0.214 e. The van der Waals surface area contributed by atoms with E-state index in [4.69, 9.17) is 18.1 Å². The minimum atomic E-state index is 0.378. The molecular weight excluding hydrogens is 246 g/mol. The van der Waals surface area contributed by atoms with Gasteiger partial charge in [-0.1, -0.05) is 17.7 Å². The zero-order chi connectivity index (χ0) is 12.5. The zero-order valence-corrected chi connectivity index (χ0v) is 10.5. The molecule has 0 saturated heterocycles. The maximum absolute atomic E-state index is 5.79. The fourth-order valence-corrected chi connectivity index (χ4v) is 2.35. The summed E-state index contributed by atoms with van der Waals surface area (Å²) in [6.07, 6.45) is 11.8. The van der Waals surface area contributed by atoms with Crippen LogP contribution >= 0.6 is 12.2 Å². The van der Waals surface area contributed by atoms with Crippen LogP contribution in [-0.2, 0) is 6.42 Å². The molecule has 1 aliphatic heterocycles. The SMILES string of the molecule is Nn1c(CC2=CC=C3N=CC=CC3C2)n[nH]c1=S. The van der Waals surface area contributed by atoms with Crippen LogP contribution in [0.15, 0.2) is 40.6 Å². The molecule has 3 rings (SSSR count). The molecule has 0 spiro atoms. The van der Waals surface area contributed by atoms with Gasteiger partial charge in [0.15, 0.2) is 5.82 Å². The van der Waals surface area contributed by atoms with E-state index in [-0.39, 0.29) is 0 Å². The van der Waals surface area contributed by atoms with Crippen LogP contribution in [0.1, 0.15) is 12.2 Å². The molecule has 0 aromatic carbocycles. The molecule has 1 aromatic rings. The summed E-state index contributed by atoms with van der Waals surface area (Å²) >= 11 is 4.99. The second-order valence-electron chi connectivity index (χ2n) is 4.38. The Kier molecular flexibility index (Phi) is 2.71. The highest BCUT2D eigenvalue weighted by atomic mass is 32.1. The molecule has 3 N–H and O–H groups in total. The van der Waals surface area contributed by atoms with Crippen molar-refractivity contribution >= 4 is 18.4 Å². The number of aromatic amines is 1. The van der Waals surface area contributed by atoms with Gasteiger partial charge in [0.1, 0.15) is 0 Å². The first kappa shape index (κ1) is 11.2. The Morgan fingerprint density at radius 1 is 1.50 bits per heavy atom. The van der Waals surface area contributed by atoms with Gasteiger partial charge < -0.3 is 5.84 Å². The Labute approximate surface area is 109 Å². The van der Waals surface area contributed by atoms with E-state index in [1.165, 1.54) is 10.2 Å². The number of dihydropyridines is 1. The van der Waals surface area contributed by atoms with Crippen LogP contribution in [0.5, 0.6) is 0 Å². The molecule has 2 aliphatic rings. The van der Waals surface area contributed by atoms with Crippen molar-refractivity contribution in [3.63, 3.8) is 0 Å². The highest BCUT2D eigenvalue weighted by Crippen LogP contribution is 2.30. The summed E-state index contributed by atoms with van der Waals surface area (Å²) in [5.74, 6) is 6.92. The fraction of sp³-hybridized carbons (Fsp3) is 0.250. The number of nitrogens with one attached hydrogen (secondary N) is 1. The van der Waals surface area contributed by atoms with Crippen molar-refractivity contribution in [2.24, 2.45) is 10.9 Å². The molecule has 5 nitrogen and oxygen atoms in total. The Morgan fingerprint density at radius 2 is 2.39 bits per heavy atom. The van der Waals surface area contributed by atoms with Gasteiger partial charge in [-0.2, -0.15) is 5.10 Å². The number of hydrogen-bond donors (Lipinski definition) is 2. The quantitative estimate of drug-likeness (QED) is 0.627. The predicted molar refractivity (Wildman–Crippen MR) is 73.2 cm³/mol. The van der Waals surface area contributed by atoms with Gasteiger partial charge in [0, 0.05) is 24.3 Å². The molecule has 0 fully saturated rings. The van der Waals surface area contributed by atoms with E-state index in [1.807, 2.05) is 12.3 Å². The third-order valence-electron chi connectivity index (χ3n) is 3.17. The molecule has 6 heteroatoms. The highest BCUT2D eigenvalue weighted by Gasteiger charge is 2.19. The standard InChI is InChI=1S/C12H13N5S/c13-17-11(15-16-12(17)18)7-8-3-4-10-9(6-8)2-1-5-14-10/h1-5,9H,6-7,13H2,(H,16,18). The van der Waals surface area contributed by atoms with Gasteiger partial charge in [-0.15, -0.1) is 0 Å². The Hall–Kier alpha value is -1.95. The van der Waals surface area contributed by atoms with Crippen molar-refractivity contribution in [2.75, 3.05) is 5.84 Å². The molecule has 92 valence electrons. The molecule has 0 amide bonds. The van der Waals surface area contributed by atoms with Gasteiger partial charge in [0.25, 0.3) is 0 Å². The predicted octanol–water partition coefficient (Wildman–Crippen LogP) is 1.67. The minimum absolute atomic E-state index is 0.378. The number of nitrogen functional groups attached to an aromatic ring is 1. The fourth-order valence-electron chi connectivity index (χ4n) is 2.20. The average molecular weight is 259 g/mol. The third-order valence-corrected chi connectivity index (χ3v) is 3.46. The summed E-state index contributed by atoms with van der Waals surface area (Å²) in [7, 11) is 0. The second kappa shape index (κ2) is 4.38. The number of H-pyrrole nitrogens is 1. The Balaban J connectivity index is 1.83. The van der Waals surface area contributed by atoms with Crippen LogP contribution in [0.25, 0.3) is 0 Å². The lowest BCUT2D eigenvalue weighted by Gasteiger charge is -2.21. The van der Waals surface area contributed by atoms with Crippen LogP contribution in [0.3, 0.4) is 0 Å². The normalized spacial score (nSPS) is 21.4. The van der Waals surface area contributed by atoms with Gasteiger partial charge in [-0.3, -0.25) is 10.1 Å². The van der Waals surface area contributed by atoms with E-state index in [2.05, 4.69) is 33.4 Å². The minimum Gasteiger partial charge on any atom is -0.335 e. The lowest BCUT2D eigenvalue weighted by atomic mass is 9.88. The van der Waals surface area contributed by atoms with Gasteiger partial charge in [-0.25, -0.2) is 4.68 Å². The molecule has 0 bridgehead atoms. The number of hydrogen-bond acceptors (Lipinski definition) is 4. The first-order valence-corrected chi connectivity index (χ1v) is 6.17. The zero-order valence-electron chi connectivity index (χ0n) is 9.71. The van der Waals surface area contributed by atoms with Gasteiger partial charge in [0.05, 0.1) is 0 Å². The smallest absolute Gasteiger partial charge is 0.214 e. The average Bonchev–Trinajstić information content (AvgIpc) is 2.71. The van der Waals surface area contributed by atoms with E-state index in [0.717, 1.165) is 17.9 Å². The maximum atomic E-state index is 5.79. The summed E-state index contributed by atoms with van der Waals surface area (Å²) < 4.78 is 1.87. The Morgan fingerprint density at radius 3 is 3.17 bits per heavy atom.